The first-order valence-electron chi connectivity index (χ1n) is 6.91. The lowest BCUT2D eigenvalue weighted by Crippen LogP contribution is -2.26. The monoisotopic (exact) mass is 335 g/mol. The Kier molecular flexibility index (Phi) is 5.34. The van der Waals surface area contributed by atoms with E-state index in [0.717, 1.165) is 5.56 Å². The zero-order valence-corrected chi connectivity index (χ0v) is 13.9. The molecular formula is C17H18ClNO4. The number of hydrogen-bond donors (Lipinski definition) is 1. The second-order valence-electron chi connectivity index (χ2n) is 4.98. The quantitative estimate of drug-likeness (QED) is 0.910. The fraction of sp³-hybridized carbons (Fsp3) is 0.235. The lowest BCUT2D eigenvalue weighted by molar-refractivity contribution is 0.0784. The average molecular weight is 336 g/mol. The standard InChI is InChI=1S/C17H18ClNO4/c1-19(17(21)11-7-8-14(20)13(18)9-11)10-12-5-4-6-15(22-2)16(12)23-3/h4-9,20H,10H2,1-3H3. The van der Waals surface area contributed by atoms with Gasteiger partial charge in [-0.15, -0.1) is 0 Å². The van der Waals surface area contributed by atoms with Gasteiger partial charge in [0.15, 0.2) is 11.5 Å². The summed E-state index contributed by atoms with van der Waals surface area (Å²) in [6, 6.07) is 9.88. The minimum absolute atomic E-state index is 0.0552. The Morgan fingerprint density at radius 1 is 1.22 bits per heavy atom. The first-order valence-corrected chi connectivity index (χ1v) is 7.29. The molecule has 0 saturated heterocycles. The molecule has 1 N–H and O–H groups in total. The van der Waals surface area contributed by atoms with Crippen LogP contribution >= 0.6 is 11.6 Å². The molecule has 0 atom stereocenters. The first-order chi connectivity index (χ1) is 11.0. The van der Waals surface area contributed by atoms with E-state index < -0.39 is 0 Å². The SMILES string of the molecule is COc1cccc(CN(C)C(=O)c2ccc(O)c(Cl)c2)c1OC. The van der Waals surface area contributed by atoms with Crippen molar-refractivity contribution in [2.75, 3.05) is 21.3 Å². The molecule has 5 nitrogen and oxygen atoms in total. The molecule has 2 aromatic carbocycles. The summed E-state index contributed by atoms with van der Waals surface area (Å²) in [6.45, 7) is 0.345. The highest BCUT2D eigenvalue weighted by molar-refractivity contribution is 6.32. The van der Waals surface area contributed by atoms with E-state index in [1.54, 1.807) is 32.2 Å². The topological polar surface area (TPSA) is 59.0 Å². The molecule has 0 unspecified atom stereocenters. The molecule has 122 valence electrons. The van der Waals surface area contributed by atoms with Crippen LogP contribution in [0, 0.1) is 0 Å². The van der Waals surface area contributed by atoms with Gasteiger partial charge < -0.3 is 19.5 Å². The summed E-state index contributed by atoms with van der Waals surface area (Å²) >= 11 is 5.85. The van der Waals surface area contributed by atoms with Crippen LogP contribution in [0.4, 0.5) is 0 Å². The number of ether oxygens (including phenoxy) is 2. The van der Waals surface area contributed by atoms with Gasteiger partial charge in [0.25, 0.3) is 5.91 Å². The molecule has 2 rings (SSSR count). The molecule has 0 aliphatic heterocycles. The van der Waals surface area contributed by atoms with Crippen LogP contribution in [0.3, 0.4) is 0 Å². The van der Waals surface area contributed by atoms with Crippen LogP contribution in [0.15, 0.2) is 36.4 Å². The molecule has 23 heavy (non-hydrogen) atoms. The molecule has 0 aliphatic carbocycles. The third-order valence-corrected chi connectivity index (χ3v) is 3.74. The maximum atomic E-state index is 12.5. The van der Waals surface area contributed by atoms with Crippen molar-refractivity contribution in [3.8, 4) is 17.2 Å². The van der Waals surface area contributed by atoms with Crippen molar-refractivity contribution in [3.05, 3.63) is 52.5 Å². The first kappa shape index (κ1) is 17.0. The Morgan fingerprint density at radius 2 is 1.96 bits per heavy atom. The van der Waals surface area contributed by atoms with E-state index in [1.165, 1.54) is 18.2 Å². The lowest BCUT2D eigenvalue weighted by Gasteiger charge is -2.20. The van der Waals surface area contributed by atoms with Gasteiger partial charge in [0.2, 0.25) is 0 Å². The normalized spacial score (nSPS) is 10.3. The van der Waals surface area contributed by atoms with Gasteiger partial charge in [0.1, 0.15) is 5.75 Å². The number of rotatable bonds is 5. The molecule has 0 heterocycles. The van der Waals surface area contributed by atoms with E-state index in [0.29, 0.717) is 23.6 Å². The summed E-state index contributed by atoms with van der Waals surface area (Å²) in [5, 5.41) is 9.58. The summed E-state index contributed by atoms with van der Waals surface area (Å²) in [7, 11) is 4.81. The maximum Gasteiger partial charge on any atom is 0.253 e. The van der Waals surface area contributed by atoms with Crippen molar-refractivity contribution in [2.24, 2.45) is 0 Å². The second-order valence-corrected chi connectivity index (χ2v) is 5.39. The van der Waals surface area contributed by atoms with Gasteiger partial charge in [-0.05, 0) is 24.3 Å². The zero-order valence-electron chi connectivity index (χ0n) is 13.2. The summed E-state index contributed by atoms with van der Waals surface area (Å²) < 4.78 is 10.6. The number of methoxy groups -OCH3 is 2. The van der Waals surface area contributed by atoms with Crippen molar-refractivity contribution in [2.45, 2.75) is 6.54 Å². The smallest absolute Gasteiger partial charge is 0.253 e. The van der Waals surface area contributed by atoms with Gasteiger partial charge in [0, 0.05) is 24.7 Å². The number of aromatic hydroxyl groups is 1. The summed E-state index contributed by atoms with van der Waals surface area (Å²) in [5.74, 6) is 0.939. The zero-order chi connectivity index (χ0) is 17.0. The van der Waals surface area contributed by atoms with Crippen LogP contribution in [0.1, 0.15) is 15.9 Å². The van der Waals surface area contributed by atoms with Crippen LogP contribution in [0.25, 0.3) is 0 Å². The van der Waals surface area contributed by atoms with Crippen molar-refractivity contribution >= 4 is 17.5 Å². The van der Waals surface area contributed by atoms with Crippen molar-refractivity contribution in [1.29, 1.82) is 0 Å². The van der Waals surface area contributed by atoms with Gasteiger partial charge >= 0.3 is 0 Å². The highest BCUT2D eigenvalue weighted by atomic mass is 35.5. The molecular weight excluding hydrogens is 318 g/mol. The van der Waals surface area contributed by atoms with Gasteiger partial charge in [0.05, 0.1) is 19.2 Å². The van der Waals surface area contributed by atoms with Crippen molar-refractivity contribution in [3.63, 3.8) is 0 Å². The van der Waals surface area contributed by atoms with Crippen LogP contribution in [-0.2, 0) is 6.54 Å². The third-order valence-electron chi connectivity index (χ3n) is 3.43. The number of amides is 1. The number of phenols is 1. The molecule has 0 radical (unpaired) electrons. The van der Waals surface area contributed by atoms with E-state index in [2.05, 4.69) is 0 Å². The van der Waals surface area contributed by atoms with Crippen molar-refractivity contribution in [1.82, 2.24) is 4.90 Å². The number of carbonyl (C=O) groups is 1. The van der Waals surface area contributed by atoms with E-state index >= 15 is 0 Å². The average Bonchev–Trinajstić information content (AvgIpc) is 2.56. The number of phenolic OH excluding ortho intramolecular Hbond substituents is 1. The van der Waals surface area contributed by atoms with Crippen LogP contribution in [0.2, 0.25) is 5.02 Å². The van der Waals surface area contributed by atoms with E-state index in [9.17, 15) is 9.90 Å². The molecule has 1 amide bonds. The number of nitrogens with zero attached hydrogens (tertiary/aromatic N) is 1. The van der Waals surface area contributed by atoms with Gasteiger partial charge in [-0.2, -0.15) is 0 Å². The third kappa shape index (κ3) is 3.68. The van der Waals surface area contributed by atoms with E-state index in [-0.39, 0.29) is 16.7 Å². The predicted octanol–water partition coefficient (Wildman–Crippen LogP) is 3.34. The second kappa shape index (κ2) is 7.24. The highest BCUT2D eigenvalue weighted by Gasteiger charge is 2.17. The number of halogens is 1. The summed E-state index contributed by atoms with van der Waals surface area (Å²) in [5.41, 5.74) is 1.23. The molecule has 0 spiro atoms. The molecule has 0 aromatic heterocycles. The molecule has 0 aliphatic rings. The number of para-hydroxylation sites is 1. The maximum absolute atomic E-state index is 12.5. The number of hydrogen-bond acceptors (Lipinski definition) is 4. The van der Waals surface area contributed by atoms with Gasteiger partial charge in [-0.3, -0.25) is 4.79 Å². The lowest BCUT2D eigenvalue weighted by atomic mass is 10.1. The molecule has 6 heteroatoms. The Morgan fingerprint density at radius 3 is 2.57 bits per heavy atom. The Balaban J connectivity index is 2.23. The Hall–Kier alpha value is -2.40. The van der Waals surface area contributed by atoms with E-state index in [4.69, 9.17) is 21.1 Å². The number of benzene rings is 2. The van der Waals surface area contributed by atoms with Crippen LogP contribution < -0.4 is 9.47 Å². The van der Waals surface area contributed by atoms with Crippen molar-refractivity contribution < 1.29 is 19.4 Å². The fourth-order valence-electron chi connectivity index (χ4n) is 2.27. The summed E-state index contributed by atoms with van der Waals surface area (Å²) in [4.78, 5) is 14.0. The fourth-order valence-corrected chi connectivity index (χ4v) is 2.45. The van der Waals surface area contributed by atoms with E-state index in [1.807, 2.05) is 12.1 Å². The molecule has 2 aromatic rings. The Bertz CT molecular complexity index is 718. The predicted molar refractivity (Wildman–Crippen MR) is 88.5 cm³/mol. The molecule has 0 fully saturated rings. The molecule has 0 saturated carbocycles. The van der Waals surface area contributed by atoms with Crippen LogP contribution in [-0.4, -0.2) is 37.2 Å². The highest BCUT2D eigenvalue weighted by Crippen LogP contribution is 2.31. The molecule has 0 bridgehead atoms. The number of carbonyl (C=O) groups excluding carboxylic acids is 1. The van der Waals surface area contributed by atoms with Gasteiger partial charge in [-0.1, -0.05) is 23.7 Å². The summed E-state index contributed by atoms with van der Waals surface area (Å²) in [6.07, 6.45) is 0. The largest absolute Gasteiger partial charge is 0.506 e. The van der Waals surface area contributed by atoms with Crippen LogP contribution in [0.5, 0.6) is 17.2 Å². The minimum Gasteiger partial charge on any atom is -0.506 e. The van der Waals surface area contributed by atoms with Gasteiger partial charge in [-0.25, -0.2) is 0 Å². The minimum atomic E-state index is -0.211. The Labute approximate surface area is 140 Å².